The Balaban J connectivity index is 1.12. The number of anilines is 3. The molecule has 1 aromatic heterocycles. The van der Waals surface area contributed by atoms with E-state index in [4.69, 9.17) is 0 Å². The van der Waals surface area contributed by atoms with Crippen molar-refractivity contribution >= 4 is 80.9 Å². The lowest BCUT2D eigenvalue weighted by Crippen LogP contribution is -2.36. The first-order valence-electron chi connectivity index (χ1n) is 21.8. The predicted molar refractivity (Wildman–Crippen MR) is 268 cm³/mol. The Labute approximate surface area is 369 Å². The average molecular weight is 816 g/mol. The Hall–Kier alpha value is -7.78. The fourth-order valence-corrected chi connectivity index (χ4v) is 12.6. The molecule has 0 amide bonds. The molecule has 0 N–H and O–H groups in total. The molecule has 2 heteroatoms. The van der Waals surface area contributed by atoms with Crippen LogP contribution in [0.15, 0.2) is 224 Å². The smallest absolute Gasteiger partial charge is 0.0726 e. The highest BCUT2D eigenvalue weighted by atomic mass is 32.1. The molecule has 0 saturated heterocycles. The normalized spacial score (nSPS) is 14.7. The van der Waals surface area contributed by atoms with Crippen LogP contribution in [0.25, 0.3) is 85.9 Å². The van der Waals surface area contributed by atoms with Crippen molar-refractivity contribution in [2.24, 2.45) is 0 Å². The number of hydrogen-bond donors (Lipinski definition) is 0. The third kappa shape index (κ3) is 4.76. The van der Waals surface area contributed by atoms with Gasteiger partial charge in [0.2, 0.25) is 0 Å². The molecule has 1 nitrogen and oxygen atoms in total. The van der Waals surface area contributed by atoms with Gasteiger partial charge in [-0.1, -0.05) is 188 Å². The molecule has 0 radical (unpaired) electrons. The number of rotatable bonds is 4. The largest absolute Gasteiger partial charge is 0.309 e. The summed E-state index contributed by atoms with van der Waals surface area (Å²) in [5, 5.41) is 10.2. The first-order valence-corrected chi connectivity index (χ1v) is 22.7. The lowest BCUT2D eigenvalue weighted by Gasteiger charge is -2.46. The molecule has 1 spiro atoms. The molecule has 0 fully saturated rings. The molecule has 14 rings (SSSR count). The highest BCUT2D eigenvalue weighted by Gasteiger charge is 2.49. The van der Waals surface area contributed by atoms with Crippen LogP contribution < -0.4 is 4.90 Å². The van der Waals surface area contributed by atoms with E-state index in [1.807, 2.05) is 11.3 Å². The maximum Gasteiger partial charge on any atom is 0.0726 e. The fraction of sp³-hybridized carbons (Fsp3) is 0.0164. The Morgan fingerprint density at radius 2 is 0.921 bits per heavy atom. The zero-order valence-corrected chi connectivity index (χ0v) is 35.0. The molecule has 0 saturated carbocycles. The predicted octanol–water partition coefficient (Wildman–Crippen LogP) is 17.0. The Morgan fingerprint density at radius 1 is 0.317 bits per heavy atom. The summed E-state index contributed by atoms with van der Waals surface area (Å²) in [5.41, 5.74) is 15.8. The van der Waals surface area contributed by atoms with Gasteiger partial charge < -0.3 is 4.90 Å². The van der Waals surface area contributed by atoms with Crippen LogP contribution in [0.3, 0.4) is 0 Å². The minimum Gasteiger partial charge on any atom is -0.309 e. The van der Waals surface area contributed by atoms with E-state index in [9.17, 15) is 0 Å². The summed E-state index contributed by atoms with van der Waals surface area (Å²) in [5.74, 6) is 0. The van der Waals surface area contributed by atoms with Gasteiger partial charge in [0, 0.05) is 36.6 Å². The summed E-state index contributed by atoms with van der Waals surface area (Å²) in [6.45, 7) is 0. The molecular weight excluding hydrogens is 779 g/mol. The fourth-order valence-electron chi connectivity index (χ4n) is 11.5. The van der Waals surface area contributed by atoms with E-state index in [0.29, 0.717) is 0 Å². The Kier molecular flexibility index (Phi) is 7.26. The average Bonchev–Trinajstić information content (AvgIpc) is 3.73. The van der Waals surface area contributed by atoms with Crippen LogP contribution in [-0.2, 0) is 5.41 Å². The number of nitrogens with zero attached hydrogens (tertiary/aromatic N) is 1. The van der Waals surface area contributed by atoms with Crippen LogP contribution in [0.5, 0.6) is 0 Å². The van der Waals surface area contributed by atoms with Crippen molar-refractivity contribution in [3.8, 4) is 33.4 Å². The molecule has 2 aliphatic rings. The van der Waals surface area contributed by atoms with Crippen LogP contribution >= 0.6 is 11.3 Å². The Morgan fingerprint density at radius 3 is 1.84 bits per heavy atom. The van der Waals surface area contributed by atoms with Gasteiger partial charge in [-0.05, 0) is 114 Å². The van der Waals surface area contributed by atoms with E-state index < -0.39 is 5.41 Å². The van der Waals surface area contributed by atoms with Gasteiger partial charge in [-0.2, -0.15) is 0 Å². The number of hydrogen-bond acceptors (Lipinski definition) is 2. The van der Waals surface area contributed by atoms with Crippen molar-refractivity contribution in [2.45, 2.75) is 5.41 Å². The van der Waals surface area contributed by atoms with E-state index in [1.165, 1.54) is 108 Å². The molecule has 11 aromatic carbocycles. The van der Waals surface area contributed by atoms with Crippen molar-refractivity contribution in [1.82, 2.24) is 0 Å². The van der Waals surface area contributed by atoms with E-state index in [-0.39, 0.29) is 0 Å². The van der Waals surface area contributed by atoms with E-state index >= 15 is 0 Å². The van der Waals surface area contributed by atoms with E-state index in [0.717, 1.165) is 17.1 Å². The van der Waals surface area contributed by atoms with Crippen LogP contribution in [0, 0.1) is 0 Å². The van der Waals surface area contributed by atoms with Gasteiger partial charge in [0.05, 0.1) is 16.8 Å². The highest BCUT2D eigenvalue weighted by molar-refractivity contribution is 7.25. The van der Waals surface area contributed by atoms with Gasteiger partial charge in [-0.25, -0.2) is 0 Å². The molecule has 12 aromatic rings. The summed E-state index contributed by atoms with van der Waals surface area (Å²) in [6.07, 6.45) is 0. The van der Waals surface area contributed by atoms with Gasteiger partial charge in [0.25, 0.3) is 0 Å². The maximum absolute atomic E-state index is 2.53. The van der Waals surface area contributed by atoms with Crippen LogP contribution in [0.1, 0.15) is 22.3 Å². The minimum absolute atomic E-state index is 0.601. The second-order valence-corrected chi connectivity index (χ2v) is 18.2. The first-order chi connectivity index (χ1) is 31.3. The monoisotopic (exact) mass is 815 g/mol. The van der Waals surface area contributed by atoms with Gasteiger partial charge in [0.15, 0.2) is 0 Å². The Bertz CT molecular complexity index is 3870. The van der Waals surface area contributed by atoms with E-state index in [2.05, 4.69) is 229 Å². The zero-order valence-electron chi connectivity index (χ0n) is 34.2. The van der Waals surface area contributed by atoms with E-state index in [1.54, 1.807) is 0 Å². The van der Waals surface area contributed by atoms with Gasteiger partial charge in [-0.15, -0.1) is 11.3 Å². The van der Waals surface area contributed by atoms with Crippen molar-refractivity contribution in [3.63, 3.8) is 0 Å². The minimum atomic E-state index is -0.601. The van der Waals surface area contributed by atoms with Crippen molar-refractivity contribution < 1.29 is 0 Å². The summed E-state index contributed by atoms with van der Waals surface area (Å²) in [7, 11) is 0. The van der Waals surface area contributed by atoms with Gasteiger partial charge in [-0.3, -0.25) is 0 Å². The molecule has 2 aliphatic carbocycles. The number of benzene rings is 11. The quantitative estimate of drug-likeness (QED) is 0.171. The van der Waals surface area contributed by atoms with Crippen LogP contribution in [0.4, 0.5) is 17.1 Å². The van der Waals surface area contributed by atoms with Gasteiger partial charge >= 0.3 is 0 Å². The summed E-state index contributed by atoms with van der Waals surface area (Å²) >= 11 is 1.87. The lowest BCUT2D eigenvalue weighted by atomic mass is 9.55. The molecule has 0 bridgehead atoms. The number of thiophene rings is 1. The second kappa shape index (κ2) is 13.1. The van der Waals surface area contributed by atoms with Crippen molar-refractivity contribution in [2.75, 3.05) is 4.90 Å². The summed E-state index contributed by atoms with van der Waals surface area (Å²) in [4.78, 5) is 2.53. The van der Waals surface area contributed by atoms with Gasteiger partial charge in [0.1, 0.15) is 0 Å². The van der Waals surface area contributed by atoms with Crippen LogP contribution in [0.2, 0.25) is 0 Å². The van der Waals surface area contributed by atoms with Crippen molar-refractivity contribution in [3.05, 3.63) is 247 Å². The number of fused-ring (bicyclic) bond motifs is 12. The third-order valence-corrected chi connectivity index (χ3v) is 15.2. The third-order valence-electron chi connectivity index (χ3n) is 14.0. The molecule has 63 heavy (non-hydrogen) atoms. The van der Waals surface area contributed by atoms with Crippen molar-refractivity contribution in [1.29, 1.82) is 0 Å². The lowest BCUT2D eigenvalue weighted by molar-refractivity contribution is 0.755. The van der Waals surface area contributed by atoms with Crippen LogP contribution in [-0.4, -0.2) is 0 Å². The summed E-state index contributed by atoms with van der Waals surface area (Å²) < 4.78 is 2.60. The first kappa shape index (κ1) is 34.9. The molecule has 1 atom stereocenters. The molecule has 292 valence electrons. The highest BCUT2D eigenvalue weighted by Crippen LogP contribution is 2.62. The molecule has 1 unspecified atom stereocenters. The topological polar surface area (TPSA) is 3.24 Å². The standard InChI is InChI=1S/C61H37NS/c1-2-14-38(15-3-1)41-30-32-45-49-34-35-56(62(55-28-12-17-39-16-4-5-20-43(39)55)42-31-33-47-46-22-7-9-29-57(46)63-58(47)37-42)50-24-13-27-53(60(49)50)61(54(45)36-41)51-25-8-6-21-44(51)48-23-10-18-40-19-11-26-52(61)59(40)48/h1-37H. The molecular formula is C61H37NS. The molecule has 1 heterocycles. The molecule has 0 aliphatic heterocycles. The zero-order chi connectivity index (χ0) is 41.2. The SMILES string of the molecule is c1ccc(-c2ccc3c(c2)C2(c4ccccc4-c4cccc5cccc2c45)c2cccc4c(N(c5ccc6c(c5)sc5ccccc56)c5cccc6ccccc56)ccc-3c24)cc1. The second-order valence-electron chi connectivity index (χ2n) is 17.1. The maximum atomic E-state index is 2.53. The summed E-state index contributed by atoms with van der Waals surface area (Å²) in [6, 6.07) is 84.5.